The number of Topliss-reactive ketones (excluding diaryl/α,β-unsaturated/α-hetero) is 2. The van der Waals surface area contributed by atoms with Crippen LogP contribution in [0.5, 0.6) is 0 Å². The number of nitriles is 1. The summed E-state index contributed by atoms with van der Waals surface area (Å²) in [5.74, 6) is -1.22. The third-order valence-electron chi connectivity index (χ3n) is 6.38. The van der Waals surface area contributed by atoms with Crippen molar-refractivity contribution in [2.24, 2.45) is 5.92 Å². The average Bonchev–Trinajstić information content (AvgIpc) is 2.82. The summed E-state index contributed by atoms with van der Waals surface area (Å²) in [7, 11) is 0. The normalized spacial score (nSPS) is 21.4. The van der Waals surface area contributed by atoms with Gasteiger partial charge in [-0.25, -0.2) is 4.98 Å². The van der Waals surface area contributed by atoms with Crippen LogP contribution in [0.15, 0.2) is 59.9 Å². The number of hydrogen-bond acceptors (Lipinski definition) is 7. The molecule has 0 amide bonds. The van der Waals surface area contributed by atoms with Crippen molar-refractivity contribution in [3.63, 3.8) is 0 Å². The summed E-state index contributed by atoms with van der Waals surface area (Å²) in [5.41, 5.74) is 2.53. The van der Waals surface area contributed by atoms with Crippen molar-refractivity contribution in [3.05, 3.63) is 88.4 Å². The molecule has 0 saturated carbocycles. The van der Waals surface area contributed by atoms with Crippen LogP contribution in [0.2, 0.25) is 0 Å². The van der Waals surface area contributed by atoms with Crippen LogP contribution in [-0.2, 0) is 11.2 Å². The van der Waals surface area contributed by atoms with Crippen LogP contribution in [0.25, 0.3) is 0 Å². The highest BCUT2D eigenvalue weighted by atomic mass is 32.2. The number of pyridine rings is 2. The predicted octanol–water partition coefficient (Wildman–Crippen LogP) is 4.28. The number of carbonyl (C=O) groups is 2. The maximum absolute atomic E-state index is 12.7. The monoisotopic (exact) mass is 471 g/mol. The van der Waals surface area contributed by atoms with Crippen LogP contribution in [-0.4, -0.2) is 38.0 Å². The molecule has 7 heteroatoms. The van der Waals surface area contributed by atoms with Crippen molar-refractivity contribution in [1.29, 1.82) is 5.26 Å². The Labute approximate surface area is 203 Å². The van der Waals surface area contributed by atoms with E-state index < -0.39 is 17.4 Å². The number of aliphatic hydroxyl groups is 1. The van der Waals surface area contributed by atoms with E-state index in [-0.39, 0.29) is 23.7 Å². The molecule has 1 N–H and O–H groups in total. The summed E-state index contributed by atoms with van der Waals surface area (Å²) >= 11 is 1.22. The molecule has 0 bridgehead atoms. The summed E-state index contributed by atoms with van der Waals surface area (Å²) in [5, 5.41) is 22.0. The van der Waals surface area contributed by atoms with E-state index in [2.05, 4.69) is 11.1 Å². The standard InChI is InChI=1S/C27H25N3O3S/c1-16-23-20(12-27(3,33)25(17(2)31)24(23)19-10-7-11-29-14-19)21(13-28)26(30-16)34-15-22(32)18-8-5-4-6-9-18/h4-11,14,24-25,33H,12,15H2,1-3H3. The third kappa shape index (κ3) is 4.39. The van der Waals surface area contributed by atoms with Crippen LogP contribution >= 0.6 is 11.8 Å². The number of carbonyl (C=O) groups excluding carboxylic acids is 2. The smallest absolute Gasteiger partial charge is 0.173 e. The van der Waals surface area contributed by atoms with Crippen LogP contribution in [0.3, 0.4) is 0 Å². The Bertz CT molecular complexity index is 1280. The molecule has 3 unspecified atom stereocenters. The van der Waals surface area contributed by atoms with E-state index in [0.29, 0.717) is 27.4 Å². The van der Waals surface area contributed by atoms with Gasteiger partial charge in [0.25, 0.3) is 0 Å². The van der Waals surface area contributed by atoms with E-state index in [1.54, 1.807) is 37.5 Å². The summed E-state index contributed by atoms with van der Waals surface area (Å²) in [4.78, 5) is 34.3. The summed E-state index contributed by atoms with van der Waals surface area (Å²) in [6.07, 6.45) is 3.50. The Morgan fingerprint density at radius 3 is 2.59 bits per heavy atom. The lowest BCUT2D eigenvalue weighted by Gasteiger charge is -2.43. The zero-order chi connectivity index (χ0) is 24.5. The maximum Gasteiger partial charge on any atom is 0.173 e. The number of aromatic nitrogens is 2. The minimum atomic E-state index is -1.36. The maximum atomic E-state index is 12.7. The van der Waals surface area contributed by atoms with E-state index in [0.717, 1.165) is 11.1 Å². The second kappa shape index (κ2) is 9.49. The fourth-order valence-corrected chi connectivity index (χ4v) is 5.94. The Balaban J connectivity index is 1.81. The molecule has 0 spiro atoms. The van der Waals surface area contributed by atoms with Gasteiger partial charge >= 0.3 is 0 Å². The second-order valence-electron chi connectivity index (χ2n) is 8.85. The first-order valence-electron chi connectivity index (χ1n) is 11.0. The molecule has 34 heavy (non-hydrogen) atoms. The van der Waals surface area contributed by atoms with Crippen molar-refractivity contribution in [3.8, 4) is 6.07 Å². The Morgan fingerprint density at radius 2 is 1.97 bits per heavy atom. The molecule has 6 nitrogen and oxygen atoms in total. The van der Waals surface area contributed by atoms with E-state index in [9.17, 15) is 20.0 Å². The zero-order valence-corrected chi connectivity index (χ0v) is 20.1. The van der Waals surface area contributed by atoms with E-state index in [4.69, 9.17) is 4.98 Å². The van der Waals surface area contributed by atoms with Crippen molar-refractivity contribution < 1.29 is 14.7 Å². The first-order valence-corrected chi connectivity index (χ1v) is 12.0. The van der Waals surface area contributed by atoms with Crippen molar-refractivity contribution >= 4 is 23.3 Å². The molecule has 1 aliphatic carbocycles. The van der Waals surface area contributed by atoms with Gasteiger partial charge in [0.15, 0.2) is 5.78 Å². The Hall–Kier alpha value is -3.34. The van der Waals surface area contributed by atoms with E-state index in [1.165, 1.54) is 18.7 Å². The van der Waals surface area contributed by atoms with Crippen LogP contribution in [0, 0.1) is 24.2 Å². The number of ketones is 2. The molecule has 3 atom stereocenters. The lowest BCUT2D eigenvalue weighted by molar-refractivity contribution is -0.130. The predicted molar refractivity (Wildman–Crippen MR) is 130 cm³/mol. The average molecular weight is 472 g/mol. The number of fused-ring (bicyclic) bond motifs is 1. The van der Waals surface area contributed by atoms with Crippen molar-refractivity contribution in [2.75, 3.05) is 5.75 Å². The SMILES string of the molecule is CC(=O)C1C(c2cccnc2)c2c(C)nc(SCC(=O)c3ccccc3)c(C#N)c2CC1(C)O. The quantitative estimate of drug-likeness (QED) is 0.423. The molecule has 3 aromatic rings. The van der Waals surface area contributed by atoms with Crippen LogP contribution < -0.4 is 0 Å². The van der Waals surface area contributed by atoms with Gasteiger partial charge < -0.3 is 5.11 Å². The topological polar surface area (TPSA) is 104 Å². The molecule has 1 aromatic carbocycles. The number of nitrogens with zero attached hydrogens (tertiary/aromatic N) is 3. The number of benzene rings is 1. The van der Waals surface area contributed by atoms with Gasteiger partial charge in [-0.05, 0) is 43.5 Å². The van der Waals surface area contributed by atoms with Gasteiger partial charge in [0.05, 0.1) is 22.8 Å². The summed E-state index contributed by atoms with van der Waals surface area (Å²) in [6.45, 7) is 4.98. The van der Waals surface area contributed by atoms with Crippen molar-refractivity contribution in [1.82, 2.24) is 9.97 Å². The first kappa shape index (κ1) is 23.8. The van der Waals surface area contributed by atoms with Gasteiger partial charge in [-0.15, -0.1) is 0 Å². The molecule has 172 valence electrons. The lowest BCUT2D eigenvalue weighted by Crippen LogP contribution is -2.48. The highest BCUT2D eigenvalue weighted by Gasteiger charge is 2.49. The molecular formula is C27H25N3O3S. The van der Waals surface area contributed by atoms with Crippen LogP contribution in [0.1, 0.15) is 58.1 Å². The molecular weight excluding hydrogens is 446 g/mol. The lowest BCUT2D eigenvalue weighted by atomic mass is 9.63. The highest BCUT2D eigenvalue weighted by molar-refractivity contribution is 8.00. The molecule has 4 rings (SSSR count). The highest BCUT2D eigenvalue weighted by Crippen LogP contribution is 2.48. The van der Waals surface area contributed by atoms with Gasteiger partial charge in [0, 0.05) is 36.0 Å². The number of thioether (sulfide) groups is 1. The number of aryl methyl sites for hydroxylation is 1. The van der Waals surface area contributed by atoms with E-state index in [1.807, 2.05) is 31.2 Å². The molecule has 2 heterocycles. The largest absolute Gasteiger partial charge is 0.389 e. The fourth-order valence-electron chi connectivity index (χ4n) is 4.99. The minimum absolute atomic E-state index is 0.0523. The number of hydrogen-bond donors (Lipinski definition) is 1. The fraction of sp³-hybridized carbons (Fsp3) is 0.296. The van der Waals surface area contributed by atoms with Gasteiger partial charge in [0.1, 0.15) is 16.9 Å². The third-order valence-corrected chi connectivity index (χ3v) is 7.35. The molecule has 0 aliphatic heterocycles. The van der Waals surface area contributed by atoms with Gasteiger partial charge in [-0.2, -0.15) is 5.26 Å². The minimum Gasteiger partial charge on any atom is -0.389 e. The van der Waals surface area contributed by atoms with Crippen LogP contribution in [0.4, 0.5) is 0 Å². The van der Waals surface area contributed by atoms with Gasteiger partial charge in [-0.1, -0.05) is 48.2 Å². The molecule has 0 fully saturated rings. The molecule has 0 radical (unpaired) electrons. The second-order valence-corrected chi connectivity index (χ2v) is 9.81. The Kier molecular flexibility index (Phi) is 6.65. The summed E-state index contributed by atoms with van der Waals surface area (Å²) in [6, 6.07) is 14.9. The first-order chi connectivity index (χ1) is 16.2. The van der Waals surface area contributed by atoms with Crippen molar-refractivity contribution in [2.45, 2.75) is 43.7 Å². The zero-order valence-electron chi connectivity index (χ0n) is 19.3. The molecule has 0 saturated heterocycles. The Morgan fingerprint density at radius 1 is 1.24 bits per heavy atom. The van der Waals surface area contributed by atoms with Gasteiger partial charge in [0.2, 0.25) is 0 Å². The van der Waals surface area contributed by atoms with Gasteiger partial charge in [-0.3, -0.25) is 14.6 Å². The summed E-state index contributed by atoms with van der Waals surface area (Å²) < 4.78 is 0. The van der Waals surface area contributed by atoms with E-state index >= 15 is 0 Å². The molecule has 1 aliphatic rings. The number of rotatable bonds is 6. The molecule has 2 aromatic heterocycles.